The summed E-state index contributed by atoms with van der Waals surface area (Å²) in [5.74, 6) is -0.152. The highest BCUT2D eigenvalue weighted by Crippen LogP contribution is 2.28. The zero-order valence-corrected chi connectivity index (χ0v) is 11.4. The van der Waals surface area contributed by atoms with Crippen LogP contribution >= 0.6 is 0 Å². The van der Waals surface area contributed by atoms with Crippen LogP contribution in [0.25, 0.3) is 0 Å². The lowest BCUT2D eigenvalue weighted by Gasteiger charge is -2.31. The maximum absolute atomic E-state index is 13.3. The molecule has 2 aliphatic rings. The molecule has 2 heterocycles. The fourth-order valence-corrected chi connectivity index (χ4v) is 2.90. The Morgan fingerprint density at radius 2 is 2.40 bits per heavy atom. The molecule has 5 heteroatoms. The van der Waals surface area contributed by atoms with E-state index in [-0.39, 0.29) is 17.8 Å². The van der Waals surface area contributed by atoms with Crippen molar-refractivity contribution in [2.24, 2.45) is 0 Å². The third kappa shape index (κ3) is 2.83. The number of hydrogen-bond acceptors (Lipinski definition) is 3. The molecule has 1 aromatic carbocycles. The Hall–Kier alpha value is -1.46. The number of aryl methyl sites for hydroxylation is 1. The predicted octanol–water partition coefficient (Wildman–Crippen LogP) is 1.48. The fraction of sp³-hybridized carbons (Fsp3) is 0.533. The molecule has 2 aliphatic heterocycles. The summed E-state index contributed by atoms with van der Waals surface area (Å²) in [6.07, 6.45) is 2.15. The van der Waals surface area contributed by atoms with E-state index in [1.165, 1.54) is 12.1 Å². The highest BCUT2D eigenvalue weighted by atomic mass is 19.1. The van der Waals surface area contributed by atoms with Gasteiger partial charge in [0, 0.05) is 31.2 Å². The van der Waals surface area contributed by atoms with Gasteiger partial charge < -0.3 is 15.0 Å². The number of hydrogen-bond donors (Lipinski definition) is 1. The van der Waals surface area contributed by atoms with Gasteiger partial charge in [-0.1, -0.05) is 0 Å². The highest BCUT2D eigenvalue weighted by Gasteiger charge is 2.25. The Bertz CT molecular complexity index is 501. The second kappa shape index (κ2) is 5.89. The lowest BCUT2D eigenvalue weighted by Crippen LogP contribution is -2.46. The Kier molecular flexibility index (Phi) is 3.98. The summed E-state index contributed by atoms with van der Waals surface area (Å²) in [7, 11) is 0. The van der Waals surface area contributed by atoms with Gasteiger partial charge in [-0.15, -0.1) is 0 Å². The lowest BCUT2D eigenvalue weighted by molar-refractivity contribution is -0.119. The van der Waals surface area contributed by atoms with Crippen molar-refractivity contribution in [3.8, 4) is 0 Å². The molecule has 1 fully saturated rings. The molecular weight excluding hydrogens is 259 g/mol. The van der Waals surface area contributed by atoms with Gasteiger partial charge in [-0.25, -0.2) is 4.39 Å². The third-order valence-corrected chi connectivity index (χ3v) is 3.88. The Balaban J connectivity index is 1.72. The predicted molar refractivity (Wildman–Crippen MR) is 74.3 cm³/mol. The number of nitrogens with zero attached hydrogens (tertiary/aromatic N) is 1. The first-order chi connectivity index (χ1) is 9.74. The van der Waals surface area contributed by atoms with E-state index >= 15 is 0 Å². The van der Waals surface area contributed by atoms with Crippen molar-refractivity contribution in [2.75, 3.05) is 31.2 Å². The van der Waals surface area contributed by atoms with E-state index in [1.807, 2.05) is 0 Å². The number of anilines is 1. The van der Waals surface area contributed by atoms with E-state index in [2.05, 4.69) is 5.32 Å². The molecule has 1 aromatic rings. The number of rotatable bonds is 2. The van der Waals surface area contributed by atoms with Crippen LogP contribution in [0.3, 0.4) is 0 Å². The minimum atomic E-state index is -0.236. The van der Waals surface area contributed by atoms with E-state index in [4.69, 9.17) is 4.74 Å². The molecule has 0 radical (unpaired) electrons. The summed E-state index contributed by atoms with van der Waals surface area (Å²) in [6.45, 7) is 2.79. The number of amides is 1. The van der Waals surface area contributed by atoms with E-state index in [1.54, 1.807) is 11.0 Å². The molecule has 1 amide bonds. The van der Waals surface area contributed by atoms with Crippen molar-refractivity contribution in [1.82, 2.24) is 5.32 Å². The van der Waals surface area contributed by atoms with Gasteiger partial charge in [0.2, 0.25) is 5.91 Å². The maximum atomic E-state index is 13.3. The number of morpholine rings is 1. The van der Waals surface area contributed by atoms with Crippen molar-refractivity contribution in [3.63, 3.8) is 0 Å². The zero-order valence-electron chi connectivity index (χ0n) is 11.4. The van der Waals surface area contributed by atoms with Crippen LogP contribution in [-0.4, -0.2) is 38.3 Å². The van der Waals surface area contributed by atoms with Gasteiger partial charge in [0.15, 0.2) is 0 Å². The van der Waals surface area contributed by atoms with Crippen molar-refractivity contribution < 1.29 is 13.9 Å². The molecule has 1 unspecified atom stereocenters. The minimum Gasteiger partial charge on any atom is -0.378 e. The molecule has 1 atom stereocenters. The molecule has 20 heavy (non-hydrogen) atoms. The second-order valence-corrected chi connectivity index (χ2v) is 5.35. The summed E-state index contributed by atoms with van der Waals surface area (Å²) >= 11 is 0. The summed E-state index contributed by atoms with van der Waals surface area (Å²) in [5.41, 5.74) is 1.79. The Labute approximate surface area is 117 Å². The summed E-state index contributed by atoms with van der Waals surface area (Å²) in [6, 6.07) is 4.76. The zero-order chi connectivity index (χ0) is 13.9. The fourth-order valence-electron chi connectivity index (χ4n) is 2.90. The number of carbonyl (C=O) groups is 1. The number of carbonyl (C=O) groups excluding carboxylic acids is 1. The number of ether oxygens (including phenoxy) is 1. The summed E-state index contributed by atoms with van der Waals surface area (Å²) in [5, 5.41) is 3.29. The van der Waals surface area contributed by atoms with Crippen LogP contribution in [0.4, 0.5) is 10.1 Å². The third-order valence-electron chi connectivity index (χ3n) is 3.88. The maximum Gasteiger partial charge on any atom is 0.228 e. The van der Waals surface area contributed by atoms with Crippen LogP contribution in [0.5, 0.6) is 0 Å². The smallest absolute Gasteiger partial charge is 0.228 e. The molecule has 0 spiro atoms. The van der Waals surface area contributed by atoms with E-state index in [0.717, 1.165) is 30.6 Å². The average molecular weight is 278 g/mol. The molecule has 0 aromatic heterocycles. The summed E-state index contributed by atoms with van der Waals surface area (Å²) in [4.78, 5) is 14.2. The van der Waals surface area contributed by atoms with Gasteiger partial charge in [0.25, 0.3) is 0 Å². The largest absolute Gasteiger partial charge is 0.378 e. The molecule has 3 rings (SSSR count). The van der Waals surface area contributed by atoms with Crippen molar-refractivity contribution in [2.45, 2.75) is 25.3 Å². The van der Waals surface area contributed by atoms with Gasteiger partial charge in [-0.3, -0.25) is 4.79 Å². The topological polar surface area (TPSA) is 41.6 Å². The number of nitrogens with one attached hydrogen (secondary N) is 1. The highest BCUT2D eigenvalue weighted by molar-refractivity contribution is 5.94. The molecule has 108 valence electrons. The molecule has 1 N–H and O–H groups in total. The first kappa shape index (κ1) is 13.5. The first-order valence-electron chi connectivity index (χ1n) is 7.14. The normalized spacial score (nSPS) is 22.4. The molecule has 0 bridgehead atoms. The van der Waals surface area contributed by atoms with Crippen molar-refractivity contribution in [3.05, 3.63) is 29.6 Å². The van der Waals surface area contributed by atoms with Gasteiger partial charge in [0.05, 0.1) is 13.2 Å². The Morgan fingerprint density at radius 1 is 1.50 bits per heavy atom. The number of fused-ring (bicyclic) bond motifs is 1. The van der Waals surface area contributed by atoms with Crippen LogP contribution in [0.15, 0.2) is 18.2 Å². The molecule has 1 saturated heterocycles. The minimum absolute atomic E-state index is 0.0839. The second-order valence-electron chi connectivity index (χ2n) is 5.35. The van der Waals surface area contributed by atoms with Gasteiger partial charge in [-0.2, -0.15) is 0 Å². The van der Waals surface area contributed by atoms with Gasteiger partial charge >= 0.3 is 0 Å². The first-order valence-corrected chi connectivity index (χ1v) is 7.14. The van der Waals surface area contributed by atoms with Gasteiger partial charge in [-0.05, 0) is 36.6 Å². The standard InChI is InChI=1S/C15H19FN2O2/c16-12-3-4-14-11(8-12)2-1-6-18(14)15(19)9-13-10-20-7-5-17-13/h3-4,8,13,17H,1-2,5-7,9-10H2. The average Bonchev–Trinajstić information content (AvgIpc) is 2.47. The number of halogens is 1. The number of benzene rings is 1. The molecule has 0 aliphatic carbocycles. The van der Waals surface area contributed by atoms with Crippen LogP contribution in [0, 0.1) is 5.82 Å². The lowest BCUT2D eigenvalue weighted by atomic mass is 10.0. The van der Waals surface area contributed by atoms with Crippen LogP contribution in [0.1, 0.15) is 18.4 Å². The monoisotopic (exact) mass is 278 g/mol. The quantitative estimate of drug-likeness (QED) is 0.891. The van der Waals surface area contributed by atoms with Crippen molar-refractivity contribution >= 4 is 11.6 Å². The van der Waals surface area contributed by atoms with E-state index in [9.17, 15) is 9.18 Å². The van der Waals surface area contributed by atoms with Crippen LogP contribution < -0.4 is 10.2 Å². The van der Waals surface area contributed by atoms with E-state index in [0.29, 0.717) is 26.2 Å². The van der Waals surface area contributed by atoms with E-state index < -0.39 is 0 Å². The van der Waals surface area contributed by atoms with Gasteiger partial charge in [0.1, 0.15) is 5.82 Å². The van der Waals surface area contributed by atoms with Crippen molar-refractivity contribution in [1.29, 1.82) is 0 Å². The molecule has 0 saturated carbocycles. The van der Waals surface area contributed by atoms with Crippen LogP contribution in [0.2, 0.25) is 0 Å². The molecular formula is C15H19FN2O2. The molecule has 4 nitrogen and oxygen atoms in total. The SMILES string of the molecule is O=C(CC1COCCN1)N1CCCc2cc(F)ccc21. The van der Waals surface area contributed by atoms with Crippen LogP contribution in [-0.2, 0) is 16.0 Å². The summed E-state index contributed by atoms with van der Waals surface area (Å²) < 4.78 is 18.6. The Morgan fingerprint density at radius 3 is 3.20 bits per heavy atom.